The smallest absolute Gasteiger partial charge is 0.172 e. The summed E-state index contributed by atoms with van der Waals surface area (Å²) in [6.07, 6.45) is 5.12. The molecule has 88 valence electrons. The van der Waals surface area contributed by atoms with Gasteiger partial charge in [0.05, 0.1) is 24.7 Å². The minimum Gasteiger partial charge on any atom is -0.496 e. The molecule has 0 heterocycles. The van der Waals surface area contributed by atoms with E-state index in [9.17, 15) is 9.90 Å². The summed E-state index contributed by atoms with van der Waals surface area (Å²) < 4.78 is 5.17. The van der Waals surface area contributed by atoms with Crippen LogP contribution in [0.1, 0.15) is 22.3 Å². The van der Waals surface area contributed by atoms with Crippen molar-refractivity contribution in [2.45, 2.75) is 18.9 Å². The van der Waals surface area contributed by atoms with Gasteiger partial charge in [0, 0.05) is 6.42 Å². The fourth-order valence-corrected chi connectivity index (χ4v) is 2.29. The van der Waals surface area contributed by atoms with Gasteiger partial charge in [0.15, 0.2) is 5.78 Å². The Morgan fingerprint density at radius 1 is 1.65 bits per heavy atom. The van der Waals surface area contributed by atoms with Crippen molar-refractivity contribution in [2.24, 2.45) is 5.92 Å². The average Bonchev–Trinajstić information content (AvgIpc) is 2.67. The zero-order valence-electron chi connectivity index (χ0n) is 9.64. The quantitative estimate of drug-likeness (QED) is 0.799. The van der Waals surface area contributed by atoms with E-state index in [1.54, 1.807) is 6.07 Å². The molecule has 0 fully saturated rings. The molecule has 0 saturated heterocycles. The Bertz CT molecular complexity index is 485. The lowest BCUT2D eigenvalue weighted by atomic mass is 9.96. The highest BCUT2D eigenvalue weighted by Gasteiger charge is 2.37. The summed E-state index contributed by atoms with van der Waals surface area (Å²) in [5, 5.41) is 9.85. The number of fused-ring (bicyclic) bond motifs is 1. The summed E-state index contributed by atoms with van der Waals surface area (Å²) in [7, 11) is 1.54. The SMILES string of the molecule is C#CCC(O)C1Cc2cccc(OC)c2C1=O. The first kappa shape index (κ1) is 11.7. The van der Waals surface area contributed by atoms with Crippen LogP contribution < -0.4 is 4.74 Å². The number of ketones is 1. The molecule has 1 aromatic carbocycles. The van der Waals surface area contributed by atoms with E-state index in [-0.39, 0.29) is 12.2 Å². The van der Waals surface area contributed by atoms with Gasteiger partial charge in [-0.25, -0.2) is 0 Å². The van der Waals surface area contributed by atoms with Gasteiger partial charge in [-0.15, -0.1) is 12.3 Å². The molecule has 0 amide bonds. The Labute approximate surface area is 100 Å². The molecule has 0 aliphatic heterocycles. The molecular weight excluding hydrogens is 216 g/mol. The maximum Gasteiger partial charge on any atom is 0.172 e. The van der Waals surface area contributed by atoms with E-state index in [1.165, 1.54) is 7.11 Å². The molecule has 3 heteroatoms. The van der Waals surface area contributed by atoms with Gasteiger partial charge < -0.3 is 9.84 Å². The second-order valence-corrected chi connectivity index (χ2v) is 4.14. The molecular formula is C14H14O3. The summed E-state index contributed by atoms with van der Waals surface area (Å²) in [5.41, 5.74) is 1.52. The molecule has 1 aromatic rings. The van der Waals surface area contributed by atoms with Gasteiger partial charge >= 0.3 is 0 Å². The molecule has 3 nitrogen and oxygen atoms in total. The lowest BCUT2D eigenvalue weighted by molar-refractivity contribution is 0.0723. The monoisotopic (exact) mass is 230 g/mol. The number of benzene rings is 1. The molecule has 0 spiro atoms. The first-order valence-corrected chi connectivity index (χ1v) is 5.50. The van der Waals surface area contributed by atoms with Gasteiger partial charge in [0.1, 0.15) is 5.75 Å². The van der Waals surface area contributed by atoms with Gasteiger partial charge in [-0.2, -0.15) is 0 Å². The summed E-state index contributed by atoms with van der Waals surface area (Å²) in [4.78, 5) is 12.2. The maximum atomic E-state index is 12.2. The van der Waals surface area contributed by atoms with E-state index in [1.807, 2.05) is 12.1 Å². The first-order chi connectivity index (χ1) is 8.19. The molecule has 0 saturated carbocycles. The van der Waals surface area contributed by atoms with E-state index in [0.717, 1.165) is 5.56 Å². The van der Waals surface area contributed by atoms with Crippen LogP contribution in [0.3, 0.4) is 0 Å². The molecule has 1 aliphatic rings. The van der Waals surface area contributed by atoms with Crippen LogP contribution in [0.25, 0.3) is 0 Å². The number of rotatable bonds is 3. The van der Waals surface area contributed by atoms with Gasteiger partial charge in [-0.1, -0.05) is 12.1 Å². The maximum absolute atomic E-state index is 12.2. The predicted octanol–water partition coefficient (Wildman–Crippen LogP) is 1.43. The molecule has 2 rings (SSSR count). The predicted molar refractivity (Wildman–Crippen MR) is 64.0 cm³/mol. The Balaban J connectivity index is 2.33. The summed E-state index contributed by atoms with van der Waals surface area (Å²) in [6.45, 7) is 0. The number of hydrogen-bond acceptors (Lipinski definition) is 3. The van der Waals surface area contributed by atoms with Crippen molar-refractivity contribution in [1.82, 2.24) is 0 Å². The van der Waals surface area contributed by atoms with Crippen molar-refractivity contribution in [1.29, 1.82) is 0 Å². The molecule has 17 heavy (non-hydrogen) atoms. The number of ether oxygens (including phenoxy) is 1. The number of carbonyl (C=O) groups is 1. The Hall–Kier alpha value is -1.79. The highest BCUT2D eigenvalue weighted by atomic mass is 16.5. The number of terminal acetylenes is 1. The van der Waals surface area contributed by atoms with Gasteiger partial charge in [-0.05, 0) is 18.1 Å². The lowest BCUT2D eigenvalue weighted by Gasteiger charge is -2.13. The second-order valence-electron chi connectivity index (χ2n) is 4.14. The summed E-state index contributed by atoms with van der Waals surface area (Å²) in [5.74, 6) is 2.46. The van der Waals surface area contributed by atoms with E-state index < -0.39 is 12.0 Å². The fourth-order valence-electron chi connectivity index (χ4n) is 2.29. The molecule has 2 unspecified atom stereocenters. The number of Topliss-reactive ketones (excluding diaryl/α,β-unsaturated/α-hetero) is 1. The number of aliphatic hydroxyl groups is 1. The highest BCUT2D eigenvalue weighted by Crippen LogP contribution is 2.35. The van der Waals surface area contributed by atoms with E-state index in [2.05, 4.69) is 5.92 Å². The van der Waals surface area contributed by atoms with Gasteiger partial charge in [0.2, 0.25) is 0 Å². The van der Waals surface area contributed by atoms with Crippen LogP contribution in [0.5, 0.6) is 5.75 Å². The van der Waals surface area contributed by atoms with Crippen LogP contribution >= 0.6 is 0 Å². The summed E-state index contributed by atoms with van der Waals surface area (Å²) >= 11 is 0. The Morgan fingerprint density at radius 2 is 2.41 bits per heavy atom. The molecule has 2 atom stereocenters. The second kappa shape index (κ2) is 4.60. The first-order valence-electron chi connectivity index (χ1n) is 5.50. The molecule has 1 N–H and O–H groups in total. The van der Waals surface area contributed by atoms with Crippen LogP contribution in [-0.2, 0) is 6.42 Å². The van der Waals surface area contributed by atoms with E-state index in [0.29, 0.717) is 17.7 Å². The van der Waals surface area contributed by atoms with Crippen LogP contribution in [0.15, 0.2) is 18.2 Å². The number of methoxy groups -OCH3 is 1. The minimum atomic E-state index is -0.774. The number of carbonyl (C=O) groups excluding carboxylic acids is 1. The van der Waals surface area contributed by atoms with Crippen molar-refractivity contribution in [3.05, 3.63) is 29.3 Å². The molecule has 0 aromatic heterocycles. The normalized spacial score (nSPS) is 19.6. The third-order valence-electron chi connectivity index (χ3n) is 3.15. The zero-order chi connectivity index (χ0) is 12.4. The average molecular weight is 230 g/mol. The van der Waals surface area contributed by atoms with Crippen LogP contribution in [0.4, 0.5) is 0 Å². The Morgan fingerprint density at radius 3 is 3.06 bits per heavy atom. The largest absolute Gasteiger partial charge is 0.496 e. The zero-order valence-corrected chi connectivity index (χ0v) is 9.64. The topological polar surface area (TPSA) is 46.5 Å². The summed E-state index contributed by atoms with van der Waals surface area (Å²) in [6, 6.07) is 5.49. The highest BCUT2D eigenvalue weighted by molar-refractivity contribution is 6.04. The molecule has 1 aliphatic carbocycles. The lowest BCUT2D eigenvalue weighted by Crippen LogP contribution is -2.25. The van der Waals surface area contributed by atoms with Crippen LogP contribution in [-0.4, -0.2) is 24.1 Å². The van der Waals surface area contributed by atoms with Gasteiger partial charge in [0.25, 0.3) is 0 Å². The molecule has 0 radical (unpaired) electrons. The fraction of sp³-hybridized carbons (Fsp3) is 0.357. The van der Waals surface area contributed by atoms with Crippen molar-refractivity contribution >= 4 is 5.78 Å². The van der Waals surface area contributed by atoms with Crippen molar-refractivity contribution in [2.75, 3.05) is 7.11 Å². The standard InChI is InChI=1S/C14H14O3/c1-3-5-11(15)10-8-9-6-4-7-12(17-2)13(9)14(10)16/h1,4,6-7,10-11,15H,5,8H2,2H3. The van der Waals surface area contributed by atoms with Crippen molar-refractivity contribution in [3.8, 4) is 18.1 Å². The number of aliphatic hydroxyl groups excluding tert-OH is 1. The van der Waals surface area contributed by atoms with Gasteiger partial charge in [-0.3, -0.25) is 4.79 Å². The van der Waals surface area contributed by atoms with E-state index in [4.69, 9.17) is 11.2 Å². The van der Waals surface area contributed by atoms with Crippen LogP contribution in [0, 0.1) is 18.3 Å². The third-order valence-corrected chi connectivity index (χ3v) is 3.15. The van der Waals surface area contributed by atoms with Crippen LogP contribution in [0.2, 0.25) is 0 Å². The van der Waals surface area contributed by atoms with Crippen molar-refractivity contribution < 1.29 is 14.6 Å². The minimum absolute atomic E-state index is 0.0693. The Kier molecular flexibility index (Phi) is 3.16. The third kappa shape index (κ3) is 1.92. The van der Waals surface area contributed by atoms with E-state index >= 15 is 0 Å². The molecule has 0 bridgehead atoms. The van der Waals surface area contributed by atoms with Crippen molar-refractivity contribution in [3.63, 3.8) is 0 Å². The number of hydrogen-bond donors (Lipinski definition) is 1.